The summed E-state index contributed by atoms with van der Waals surface area (Å²) >= 11 is 0. The second-order valence-corrected chi connectivity index (χ2v) is 6.61. The van der Waals surface area contributed by atoms with Crippen molar-refractivity contribution in [1.82, 2.24) is 9.78 Å². The lowest BCUT2D eigenvalue weighted by atomic mass is 10.0. The lowest BCUT2D eigenvalue weighted by Crippen LogP contribution is -2.25. The average Bonchev–Trinajstić information content (AvgIpc) is 3.24. The zero-order valence-corrected chi connectivity index (χ0v) is 14.0. The molecule has 1 saturated heterocycles. The maximum Gasteiger partial charge on any atom is 0.309 e. The van der Waals surface area contributed by atoms with Crippen LogP contribution >= 0.6 is 0 Å². The number of hydrogen-bond donors (Lipinski definition) is 0. The van der Waals surface area contributed by atoms with E-state index in [4.69, 9.17) is 9.47 Å². The van der Waals surface area contributed by atoms with Crippen LogP contribution in [0.1, 0.15) is 36.2 Å². The monoisotopic (exact) mass is 344 g/mol. The van der Waals surface area contributed by atoms with Crippen molar-refractivity contribution in [2.75, 3.05) is 13.2 Å². The first-order valence-corrected chi connectivity index (χ1v) is 8.82. The molecule has 0 unspecified atom stereocenters. The zero-order chi connectivity index (χ0) is 17.2. The maximum atomic E-state index is 13.2. The van der Waals surface area contributed by atoms with Gasteiger partial charge in [-0.05, 0) is 56.4 Å². The second kappa shape index (κ2) is 6.96. The van der Waals surface area contributed by atoms with Crippen molar-refractivity contribution >= 4 is 5.97 Å². The predicted molar refractivity (Wildman–Crippen MR) is 88.9 cm³/mol. The summed E-state index contributed by atoms with van der Waals surface area (Å²) in [5.41, 5.74) is 3.96. The predicted octanol–water partition coefficient (Wildman–Crippen LogP) is 2.97. The van der Waals surface area contributed by atoms with Gasteiger partial charge < -0.3 is 9.47 Å². The van der Waals surface area contributed by atoms with Gasteiger partial charge in [-0.25, -0.2) is 9.07 Å². The van der Waals surface area contributed by atoms with Crippen LogP contribution < -0.4 is 0 Å². The van der Waals surface area contributed by atoms with Crippen LogP contribution in [0.25, 0.3) is 5.69 Å². The fraction of sp³-hybridized carbons (Fsp3) is 0.474. The van der Waals surface area contributed by atoms with Crippen molar-refractivity contribution in [3.05, 3.63) is 47.0 Å². The van der Waals surface area contributed by atoms with Crippen molar-refractivity contribution < 1.29 is 18.7 Å². The molecule has 0 atom stereocenters. The van der Waals surface area contributed by atoms with E-state index in [1.54, 1.807) is 12.1 Å². The number of rotatable bonds is 4. The number of carbonyl (C=O) groups excluding carboxylic acids is 1. The van der Waals surface area contributed by atoms with Crippen LogP contribution in [0.5, 0.6) is 0 Å². The summed E-state index contributed by atoms with van der Waals surface area (Å²) < 4.78 is 25.8. The molecule has 2 heterocycles. The molecule has 0 amide bonds. The van der Waals surface area contributed by atoms with E-state index < -0.39 is 0 Å². The van der Waals surface area contributed by atoms with Crippen LogP contribution in [-0.4, -0.2) is 29.0 Å². The number of halogens is 1. The molecular formula is C19H21FN2O3. The van der Waals surface area contributed by atoms with Gasteiger partial charge in [-0.3, -0.25) is 4.79 Å². The number of aromatic nitrogens is 2. The van der Waals surface area contributed by atoms with Crippen LogP contribution in [0.2, 0.25) is 0 Å². The normalized spacial score (nSPS) is 17.5. The van der Waals surface area contributed by atoms with Gasteiger partial charge >= 0.3 is 5.97 Å². The average molecular weight is 344 g/mol. The maximum absolute atomic E-state index is 13.2. The fourth-order valence-corrected chi connectivity index (χ4v) is 3.62. The number of carbonyl (C=O) groups is 1. The molecule has 0 spiro atoms. The quantitative estimate of drug-likeness (QED) is 0.800. The number of fused-ring (bicyclic) bond motifs is 1. The Morgan fingerprint density at radius 1 is 1.24 bits per heavy atom. The van der Waals surface area contributed by atoms with Gasteiger partial charge in [0.15, 0.2) is 0 Å². The minimum Gasteiger partial charge on any atom is -0.459 e. The number of esters is 1. The van der Waals surface area contributed by atoms with E-state index in [0.717, 1.165) is 49.2 Å². The van der Waals surface area contributed by atoms with Gasteiger partial charge in [0.05, 0.1) is 11.6 Å². The van der Waals surface area contributed by atoms with E-state index in [0.29, 0.717) is 13.2 Å². The summed E-state index contributed by atoms with van der Waals surface area (Å²) in [4.78, 5) is 12.2. The Kier molecular flexibility index (Phi) is 4.53. The van der Waals surface area contributed by atoms with E-state index >= 15 is 0 Å². The first-order valence-electron chi connectivity index (χ1n) is 8.82. The summed E-state index contributed by atoms with van der Waals surface area (Å²) in [5.74, 6) is -0.495. The molecule has 132 valence electrons. The molecule has 0 bridgehead atoms. The van der Waals surface area contributed by atoms with E-state index in [1.807, 2.05) is 4.68 Å². The van der Waals surface area contributed by atoms with E-state index in [9.17, 15) is 9.18 Å². The van der Waals surface area contributed by atoms with Crippen molar-refractivity contribution in [1.29, 1.82) is 0 Å². The van der Waals surface area contributed by atoms with E-state index in [2.05, 4.69) is 5.10 Å². The van der Waals surface area contributed by atoms with Gasteiger partial charge in [-0.1, -0.05) is 0 Å². The highest BCUT2D eigenvalue weighted by Gasteiger charge is 2.26. The topological polar surface area (TPSA) is 53.3 Å². The second-order valence-electron chi connectivity index (χ2n) is 6.61. The Bertz CT molecular complexity index is 764. The molecule has 4 rings (SSSR count). The standard InChI is InChI=1S/C19H21FN2O3/c20-14-4-6-15(7-5-14)22-18-3-1-2-16(18)17(21-22)12-25-19(23)13-8-10-24-11-9-13/h4-7,13H,1-3,8-12H2. The van der Waals surface area contributed by atoms with Crippen LogP contribution in [-0.2, 0) is 33.7 Å². The van der Waals surface area contributed by atoms with Gasteiger partial charge in [0.25, 0.3) is 0 Å². The third kappa shape index (κ3) is 3.31. The molecule has 0 radical (unpaired) electrons. The van der Waals surface area contributed by atoms with Crippen LogP contribution in [0.15, 0.2) is 24.3 Å². The molecule has 0 saturated carbocycles. The number of nitrogens with zero attached hydrogens (tertiary/aromatic N) is 2. The van der Waals surface area contributed by atoms with Gasteiger partial charge in [-0.15, -0.1) is 0 Å². The summed E-state index contributed by atoms with van der Waals surface area (Å²) in [5, 5.41) is 4.64. The molecule has 6 heteroatoms. The smallest absolute Gasteiger partial charge is 0.309 e. The minimum absolute atomic E-state index is 0.0685. The third-order valence-electron chi connectivity index (χ3n) is 4.99. The highest BCUT2D eigenvalue weighted by Crippen LogP contribution is 2.28. The first-order chi connectivity index (χ1) is 12.2. The van der Waals surface area contributed by atoms with Crippen molar-refractivity contribution in [3.63, 3.8) is 0 Å². The van der Waals surface area contributed by atoms with Gasteiger partial charge in [-0.2, -0.15) is 5.10 Å². The van der Waals surface area contributed by atoms with E-state index in [1.165, 1.54) is 17.7 Å². The van der Waals surface area contributed by atoms with Crippen molar-refractivity contribution in [2.45, 2.75) is 38.7 Å². The molecule has 1 aromatic heterocycles. The molecule has 2 aromatic rings. The van der Waals surface area contributed by atoms with E-state index in [-0.39, 0.29) is 24.3 Å². The number of ether oxygens (including phenoxy) is 2. The van der Waals surface area contributed by atoms with Crippen LogP contribution in [0.3, 0.4) is 0 Å². The number of hydrogen-bond acceptors (Lipinski definition) is 4. The SMILES string of the molecule is O=C(OCc1nn(-c2ccc(F)cc2)c2c1CCC2)C1CCOCC1. The van der Waals surface area contributed by atoms with Gasteiger partial charge in [0.2, 0.25) is 0 Å². The molecule has 2 aliphatic rings. The Labute approximate surface area is 145 Å². The Hall–Kier alpha value is -2.21. The molecule has 1 aliphatic carbocycles. The number of benzene rings is 1. The lowest BCUT2D eigenvalue weighted by Gasteiger charge is -2.20. The molecule has 0 N–H and O–H groups in total. The van der Waals surface area contributed by atoms with Crippen molar-refractivity contribution in [3.8, 4) is 5.69 Å². The Morgan fingerprint density at radius 3 is 2.76 bits per heavy atom. The zero-order valence-electron chi connectivity index (χ0n) is 14.0. The third-order valence-corrected chi connectivity index (χ3v) is 4.99. The fourth-order valence-electron chi connectivity index (χ4n) is 3.62. The minimum atomic E-state index is -0.266. The molecule has 25 heavy (non-hydrogen) atoms. The Morgan fingerprint density at radius 2 is 2.00 bits per heavy atom. The molecule has 1 aliphatic heterocycles. The summed E-state index contributed by atoms with van der Waals surface area (Å²) in [7, 11) is 0. The molecule has 5 nitrogen and oxygen atoms in total. The molecular weight excluding hydrogens is 323 g/mol. The summed E-state index contributed by atoms with van der Waals surface area (Å²) in [6.45, 7) is 1.44. The largest absolute Gasteiger partial charge is 0.459 e. The lowest BCUT2D eigenvalue weighted by molar-refractivity contribution is -0.153. The van der Waals surface area contributed by atoms with Crippen LogP contribution in [0, 0.1) is 11.7 Å². The molecule has 1 aromatic carbocycles. The summed E-state index contributed by atoms with van der Waals surface area (Å²) in [6.07, 6.45) is 4.39. The van der Waals surface area contributed by atoms with Crippen molar-refractivity contribution in [2.24, 2.45) is 5.92 Å². The highest BCUT2D eigenvalue weighted by molar-refractivity contribution is 5.72. The first kappa shape index (κ1) is 16.3. The van der Waals surface area contributed by atoms with Crippen LogP contribution in [0.4, 0.5) is 4.39 Å². The highest BCUT2D eigenvalue weighted by atomic mass is 19.1. The molecule has 1 fully saturated rings. The van der Waals surface area contributed by atoms with Gasteiger partial charge in [0.1, 0.15) is 18.1 Å². The Balaban J connectivity index is 1.51. The summed E-state index contributed by atoms with van der Waals surface area (Å²) in [6, 6.07) is 6.31. The van der Waals surface area contributed by atoms with Gasteiger partial charge in [0, 0.05) is 24.5 Å².